The molecule has 3 nitrogen and oxygen atoms in total. The van der Waals surface area contributed by atoms with Crippen LogP contribution in [0.4, 0.5) is 0 Å². The molecule has 0 fully saturated rings. The van der Waals surface area contributed by atoms with Crippen molar-refractivity contribution in [3.63, 3.8) is 0 Å². The highest BCUT2D eigenvalue weighted by atomic mass is 14.9. The fourth-order valence-corrected chi connectivity index (χ4v) is 1.19. The normalized spacial score (nSPS) is 15.5. The van der Waals surface area contributed by atoms with E-state index in [1.165, 1.54) is 5.57 Å². The van der Waals surface area contributed by atoms with E-state index in [9.17, 15) is 0 Å². The number of nitrogens with one attached hydrogen (secondary N) is 1. The minimum atomic E-state index is 0.722. The van der Waals surface area contributed by atoms with Crippen LogP contribution in [0.1, 0.15) is 19.8 Å². The summed E-state index contributed by atoms with van der Waals surface area (Å²) >= 11 is 0. The van der Waals surface area contributed by atoms with Crippen molar-refractivity contribution in [3.8, 4) is 0 Å². The maximum Gasteiger partial charge on any atom is 0.295 e. The number of rotatable bonds is 4. The second-order valence-electron chi connectivity index (χ2n) is 3.08. The fourth-order valence-electron chi connectivity index (χ4n) is 1.19. The van der Waals surface area contributed by atoms with Crippen LogP contribution < -0.4 is 5.32 Å². The van der Waals surface area contributed by atoms with Gasteiger partial charge >= 0.3 is 0 Å². The monoisotopic (exact) mass is 177 g/mol. The minimum absolute atomic E-state index is 0.722. The van der Waals surface area contributed by atoms with Crippen LogP contribution in [0, 0.1) is 0 Å². The first-order valence-corrected chi connectivity index (χ1v) is 4.65. The third kappa shape index (κ3) is 3.36. The van der Waals surface area contributed by atoms with Crippen LogP contribution in [0.5, 0.6) is 0 Å². The van der Waals surface area contributed by atoms with Gasteiger partial charge in [-0.1, -0.05) is 19.1 Å². The molecule has 0 heterocycles. The number of allylic oxidation sites excluding steroid dienone is 2. The van der Waals surface area contributed by atoms with E-state index in [-0.39, 0.29) is 0 Å². The number of nitrogens with zero attached hydrogens (tertiary/aromatic N) is 2. The molecule has 0 aromatic heterocycles. The van der Waals surface area contributed by atoms with Crippen LogP contribution in [0.25, 0.3) is 5.53 Å². The Morgan fingerprint density at radius 3 is 2.92 bits per heavy atom. The van der Waals surface area contributed by atoms with E-state index in [0.717, 1.165) is 31.6 Å². The van der Waals surface area contributed by atoms with Crippen molar-refractivity contribution in [2.45, 2.75) is 19.8 Å². The molecule has 3 heteroatoms. The Hall–Kier alpha value is -1.18. The number of hydrogen-bond acceptors (Lipinski definition) is 1. The molecule has 0 bridgehead atoms. The molecule has 0 amide bonds. The van der Waals surface area contributed by atoms with Crippen molar-refractivity contribution in [1.29, 1.82) is 0 Å². The maximum atomic E-state index is 8.48. The SMILES string of the molecule is CCCNCC1=CCC(=[N+]=[N-])C=C1. The number of hydrogen-bond donors (Lipinski definition) is 1. The summed E-state index contributed by atoms with van der Waals surface area (Å²) in [4.78, 5) is 3.14. The van der Waals surface area contributed by atoms with E-state index in [2.05, 4.69) is 23.1 Å². The molecule has 0 atom stereocenters. The average molecular weight is 177 g/mol. The smallest absolute Gasteiger partial charge is 0.295 e. The lowest BCUT2D eigenvalue weighted by Crippen LogP contribution is -2.18. The molecule has 1 rings (SSSR count). The molecular formula is C10H15N3. The summed E-state index contributed by atoms with van der Waals surface area (Å²) in [5.41, 5.74) is 10.5. The highest BCUT2D eigenvalue weighted by Crippen LogP contribution is 2.05. The summed E-state index contributed by atoms with van der Waals surface area (Å²) in [6.45, 7) is 4.10. The van der Waals surface area contributed by atoms with Crippen LogP contribution in [-0.4, -0.2) is 23.6 Å². The van der Waals surface area contributed by atoms with Gasteiger partial charge in [-0.2, -0.15) is 4.79 Å². The van der Waals surface area contributed by atoms with E-state index in [4.69, 9.17) is 5.53 Å². The quantitative estimate of drug-likeness (QED) is 0.395. The molecule has 0 aromatic rings. The minimum Gasteiger partial charge on any atom is -0.361 e. The molecule has 1 N–H and O–H groups in total. The first-order chi connectivity index (χ1) is 6.36. The van der Waals surface area contributed by atoms with Crippen molar-refractivity contribution in [2.75, 3.05) is 13.1 Å². The predicted molar refractivity (Wildman–Crippen MR) is 53.6 cm³/mol. The van der Waals surface area contributed by atoms with E-state index in [0.29, 0.717) is 0 Å². The van der Waals surface area contributed by atoms with Gasteiger partial charge in [-0.25, -0.2) is 0 Å². The van der Waals surface area contributed by atoms with Crippen molar-refractivity contribution in [3.05, 3.63) is 29.3 Å². The lowest BCUT2D eigenvalue weighted by Gasteiger charge is -2.05. The fraction of sp³-hybridized carbons (Fsp3) is 0.500. The van der Waals surface area contributed by atoms with Crippen molar-refractivity contribution in [2.24, 2.45) is 0 Å². The molecule has 1 aliphatic carbocycles. The standard InChI is InChI=1S/C10H15N3/c1-2-7-12-8-9-3-5-10(13-11)6-4-9/h3-5,12H,2,6-8H2,1H3. The third-order valence-corrected chi connectivity index (χ3v) is 1.95. The van der Waals surface area contributed by atoms with Gasteiger partial charge in [-0.15, -0.1) is 0 Å². The maximum absolute atomic E-state index is 8.48. The first-order valence-electron chi connectivity index (χ1n) is 4.65. The Kier molecular flexibility index (Phi) is 4.16. The topological polar surface area (TPSA) is 48.4 Å². The highest BCUT2D eigenvalue weighted by Gasteiger charge is 2.06. The van der Waals surface area contributed by atoms with Crippen LogP contribution in [0.15, 0.2) is 23.8 Å². The van der Waals surface area contributed by atoms with E-state index in [1.807, 2.05) is 12.2 Å². The second-order valence-corrected chi connectivity index (χ2v) is 3.08. The second kappa shape index (κ2) is 5.46. The summed E-state index contributed by atoms with van der Waals surface area (Å²) in [5, 5.41) is 3.32. The van der Waals surface area contributed by atoms with Crippen LogP contribution >= 0.6 is 0 Å². The van der Waals surface area contributed by atoms with Gasteiger partial charge in [-0.05, 0) is 18.5 Å². The molecule has 70 valence electrons. The van der Waals surface area contributed by atoms with Crippen molar-refractivity contribution in [1.82, 2.24) is 5.32 Å². The van der Waals surface area contributed by atoms with Gasteiger partial charge in [0.1, 0.15) is 0 Å². The molecule has 0 saturated heterocycles. The Labute approximate surface area is 78.8 Å². The molecule has 0 spiro atoms. The average Bonchev–Trinajstić information content (AvgIpc) is 2.19. The van der Waals surface area contributed by atoms with Gasteiger partial charge < -0.3 is 10.8 Å². The zero-order chi connectivity index (χ0) is 9.52. The molecule has 0 saturated carbocycles. The summed E-state index contributed by atoms with van der Waals surface area (Å²) in [6.07, 6.45) is 7.80. The summed E-state index contributed by atoms with van der Waals surface area (Å²) in [5.74, 6) is 0. The molecule has 0 aromatic carbocycles. The zero-order valence-corrected chi connectivity index (χ0v) is 7.95. The van der Waals surface area contributed by atoms with Crippen LogP contribution in [-0.2, 0) is 0 Å². The first kappa shape index (κ1) is 9.90. The molecule has 1 aliphatic rings. The molecular weight excluding hydrogens is 162 g/mol. The zero-order valence-electron chi connectivity index (χ0n) is 7.95. The van der Waals surface area contributed by atoms with Gasteiger partial charge in [0.2, 0.25) is 0 Å². The van der Waals surface area contributed by atoms with Gasteiger partial charge in [0.15, 0.2) is 0 Å². The van der Waals surface area contributed by atoms with Gasteiger partial charge in [0.05, 0.1) is 6.42 Å². The third-order valence-electron chi connectivity index (χ3n) is 1.95. The summed E-state index contributed by atoms with van der Waals surface area (Å²) in [7, 11) is 0. The van der Waals surface area contributed by atoms with Crippen molar-refractivity contribution < 1.29 is 4.79 Å². The molecule has 0 unspecified atom stereocenters. The van der Waals surface area contributed by atoms with Crippen molar-refractivity contribution >= 4 is 5.71 Å². The Morgan fingerprint density at radius 2 is 2.38 bits per heavy atom. The van der Waals surface area contributed by atoms with Gasteiger partial charge in [0, 0.05) is 12.6 Å². The summed E-state index contributed by atoms with van der Waals surface area (Å²) in [6, 6.07) is 0. The molecule has 0 radical (unpaired) electrons. The van der Waals surface area contributed by atoms with Gasteiger partial charge in [-0.3, -0.25) is 0 Å². The largest absolute Gasteiger partial charge is 0.361 e. The van der Waals surface area contributed by atoms with Crippen LogP contribution in [0.3, 0.4) is 0 Å². The van der Waals surface area contributed by atoms with Gasteiger partial charge in [0.25, 0.3) is 5.71 Å². The van der Waals surface area contributed by atoms with E-state index in [1.54, 1.807) is 0 Å². The Morgan fingerprint density at radius 1 is 1.54 bits per heavy atom. The predicted octanol–water partition coefficient (Wildman–Crippen LogP) is 1.54. The van der Waals surface area contributed by atoms with E-state index < -0.39 is 0 Å². The highest BCUT2D eigenvalue weighted by molar-refractivity contribution is 5.93. The van der Waals surface area contributed by atoms with Crippen LogP contribution in [0.2, 0.25) is 0 Å². The van der Waals surface area contributed by atoms with E-state index >= 15 is 0 Å². The lowest BCUT2D eigenvalue weighted by atomic mass is 10.1. The lowest BCUT2D eigenvalue weighted by molar-refractivity contribution is -0.00541. The molecule has 0 aliphatic heterocycles. The summed E-state index contributed by atoms with van der Waals surface area (Å²) < 4.78 is 0. The Balaban J connectivity index is 2.35. The molecule has 13 heavy (non-hydrogen) atoms. The Bertz CT molecular complexity index is 270.